The molecule has 1 saturated carbocycles. The molecule has 1 aromatic carbocycles. The summed E-state index contributed by atoms with van der Waals surface area (Å²) in [4.78, 5) is 0. The first kappa shape index (κ1) is 13.5. The van der Waals surface area contributed by atoms with Crippen molar-refractivity contribution >= 4 is 11.3 Å². The van der Waals surface area contributed by atoms with Crippen molar-refractivity contribution in [3.05, 3.63) is 46.2 Å². The van der Waals surface area contributed by atoms with Crippen LogP contribution in [0.2, 0.25) is 0 Å². The molecule has 0 bridgehead atoms. The second-order valence-electron chi connectivity index (χ2n) is 5.05. The van der Waals surface area contributed by atoms with Gasteiger partial charge in [-0.25, -0.2) is 0 Å². The number of hydrogen-bond acceptors (Lipinski definition) is 4. The third-order valence-corrected chi connectivity index (χ3v) is 4.13. The summed E-state index contributed by atoms with van der Waals surface area (Å²) in [6, 6.07) is 8.78. The number of rotatable bonds is 7. The van der Waals surface area contributed by atoms with Gasteiger partial charge in [0.25, 0.3) is 0 Å². The number of nitrogens with one attached hydrogen (secondary N) is 1. The molecule has 1 aliphatic carbocycles. The lowest BCUT2D eigenvalue weighted by atomic mass is 10.2. The maximum Gasteiger partial charge on any atom is 0.124 e. The Kier molecular flexibility index (Phi) is 4.23. The Labute approximate surface area is 123 Å². The predicted octanol–water partition coefficient (Wildman–Crippen LogP) is 3.59. The Balaban J connectivity index is 1.69. The highest BCUT2D eigenvalue weighted by molar-refractivity contribution is 7.07. The molecule has 2 aromatic rings. The van der Waals surface area contributed by atoms with Gasteiger partial charge in [0.05, 0.1) is 7.11 Å². The Bertz CT molecular complexity index is 550. The molecule has 0 unspecified atom stereocenters. The van der Waals surface area contributed by atoms with E-state index in [1.165, 1.54) is 18.4 Å². The minimum atomic E-state index is 0.617. The van der Waals surface area contributed by atoms with Gasteiger partial charge in [0.2, 0.25) is 0 Å². The number of methoxy groups -OCH3 is 1. The lowest BCUT2D eigenvalue weighted by Gasteiger charge is -2.13. The summed E-state index contributed by atoms with van der Waals surface area (Å²) in [7, 11) is 1.69. The van der Waals surface area contributed by atoms with Gasteiger partial charge in [-0.1, -0.05) is 0 Å². The SMILES string of the molecule is COc1ccc(OCc2ccsc2)c(CNC2CC2)c1. The largest absolute Gasteiger partial charge is 0.497 e. The molecule has 1 heterocycles. The van der Waals surface area contributed by atoms with E-state index < -0.39 is 0 Å². The predicted molar refractivity (Wildman–Crippen MR) is 81.5 cm³/mol. The fourth-order valence-electron chi connectivity index (χ4n) is 2.04. The first-order chi connectivity index (χ1) is 9.85. The van der Waals surface area contributed by atoms with Crippen LogP contribution in [0.3, 0.4) is 0 Å². The van der Waals surface area contributed by atoms with Crippen LogP contribution in [0, 0.1) is 0 Å². The third-order valence-electron chi connectivity index (χ3n) is 3.40. The van der Waals surface area contributed by atoms with Gasteiger partial charge in [-0.2, -0.15) is 11.3 Å². The van der Waals surface area contributed by atoms with Crippen molar-refractivity contribution in [3.8, 4) is 11.5 Å². The van der Waals surface area contributed by atoms with E-state index in [4.69, 9.17) is 9.47 Å². The lowest BCUT2D eigenvalue weighted by molar-refractivity contribution is 0.301. The molecule has 4 heteroatoms. The van der Waals surface area contributed by atoms with E-state index >= 15 is 0 Å². The molecule has 20 heavy (non-hydrogen) atoms. The van der Waals surface area contributed by atoms with E-state index in [9.17, 15) is 0 Å². The van der Waals surface area contributed by atoms with Gasteiger partial charge in [0.15, 0.2) is 0 Å². The van der Waals surface area contributed by atoms with E-state index in [1.54, 1.807) is 18.4 Å². The van der Waals surface area contributed by atoms with Gasteiger partial charge < -0.3 is 14.8 Å². The van der Waals surface area contributed by atoms with Gasteiger partial charge in [-0.3, -0.25) is 0 Å². The van der Waals surface area contributed by atoms with Crippen molar-refractivity contribution < 1.29 is 9.47 Å². The smallest absolute Gasteiger partial charge is 0.124 e. The molecule has 1 N–H and O–H groups in total. The molecule has 1 fully saturated rings. The topological polar surface area (TPSA) is 30.5 Å². The first-order valence-corrected chi connectivity index (χ1v) is 7.83. The average Bonchev–Trinajstić information content (AvgIpc) is 3.17. The van der Waals surface area contributed by atoms with Crippen molar-refractivity contribution in [2.75, 3.05) is 7.11 Å². The van der Waals surface area contributed by atoms with Gasteiger partial charge in [-0.15, -0.1) is 0 Å². The number of thiophene rings is 1. The molecule has 3 nitrogen and oxygen atoms in total. The van der Waals surface area contributed by atoms with Crippen molar-refractivity contribution in [1.29, 1.82) is 0 Å². The summed E-state index contributed by atoms with van der Waals surface area (Å²) in [6.07, 6.45) is 2.57. The molecular formula is C16H19NO2S. The maximum absolute atomic E-state index is 5.94. The van der Waals surface area contributed by atoms with Gasteiger partial charge in [-0.05, 0) is 53.4 Å². The molecule has 1 aliphatic rings. The fourth-order valence-corrected chi connectivity index (χ4v) is 2.69. The van der Waals surface area contributed by atoms with E-state index in [1.807, 2.05) is 12.1 Å². The second kappa shape index (κ2) is 6.29. The standard InChI is InChI=1S/C16H19NO2S/c1-18-15-4-5-16(19-10-12-6-7-20-11-12)13(8-15)9-17-14-2-3-14/h4-8,11,14,17H,2-3,9-10H2,1H3. The highest BCUT2D eigenvalue weighted by atomic mass is 32.1. The van der Waals surface area contributed by atoms with Crippen LogP contribution in [0.15, 0.2) is 35.0 Å². The van der Waals surface area contributed by atoms with E-state index in [0.29, 0.717) is 12.6 Å². The van der Waals surface area contributed by atoms with Crippen molar-refractivity contribution in [2.45, 2.75) is 32.0 Å². The van der Waals surface area contributed by atoms with Crippen LogP contribution >= 0.6 is 11.3 Å². The normalized spacial score (nSPS) is 14.2. The molecule has 0 spiro atoms. The maximum atomic E-state index is 5.94. The third kappa shape index (κ3) is 3.52. The van der Waals surface area contributed by atoms with Gasteiger partial charge >= 0.3 is 0 Å². The van der Waals surface area contributed by atoms with Gasteiger partial charge in [0, 0.05) is 18.2 Å². The van der Waals surface area contributed by atoms with Crippen LogP contribution in [-0.2, 0) is 13.2 Å². The van der Waals surface area contributed by atoms with Crippen LogP contribution in [0.5, 0.6) is 11.5 Å². The molecule has 0 aliphatic heterocycles. The molecular weight excluding hydrogens is 270 g/mol. The van der Waals surface area contributed by atoms with Crippen molar-refractivity contribution in [1.82, 2.24) is 5.32 Å². The molecule has 1 aromatic heterocycles. The average molecular weight is 289 g/mol. The van der Waals surface area contributed by atoms with Crippen LogP contribution < -0.4 is 14.8 Å². The molecule has 0 amide bonds. The van der Waals surface area contributed by atoms with E-state index in [2.05, 4.69) is 28.2 Å². The Morgan fingerprint density at radius 3 is 2.90 bits per heavy atom. The Hall–Kier alpha value is -1.52. The number of benzene rings is 1. The summed E-state index contributed by atoms with van der Waals surface area (Å²) in [5, 5.41) is 7.71. The molecule has 3 rings (SSSR count). The minimum Gasteiger partial charge on any atom is -0.497 e. The minimum absolute atomic E-state index is 0.617. The number of ether oxygens (including phenoxy) is 2. The van der Waals surface area contributed by atoms with Crippen LogP contribution in [-0.4, -0.2) is 13.2 Å². The Morgan fingerprint density at radius 2 is 2.20 bits per heavy atom. The fraction of sp³-hybridized carbons (Fsp3) is 0.375. The number of hydrogen-bond donors (Lipinski definition) is 1. The van der Waals surface area contributed by atoms with Crippen molar-refractivity contribution in [2.24, 2.45) is 0 Å². The summed E-state index contributed by atoms with van der Waals surface area (Å²) in [5.74, 6) is 1.81. The molecule has 0 atom stereocenters. The highest BCUT2D eigenvalue weighted by Crippen LogP contribution is 2.27. The van der Waals surface area contributed by atoms with E-state index in [0.717, 1.165) is 23.6 Å². The van der Waals surface area contributed by atoms with Crippen LogP contribution in [0.4, 0.5) is 0 Å². The summed E-state index contributed by atoms with van der Waals surface area (Å²) in [6.45, 7) is 1.45. The highest BCUT2D eigenvalue weighted by Gasteiger charge is 2.20. The zero-order chi connectivity index (χ0) is 13.8. The zero-order valence-electron chi connectivity index (χ0n) is 11.6. The van der Waals surface area contributed by atoms with Crippen LogP contribution in [0.1, 0.15) is 24.0 Å². The summed E-state index contributed by atoms with van der Waals surface area (Å²) >= 11 is 1.70. The monoisotopic (exact) mass is 289 g/mol. The molecule has 0 radical (unpaired) electrons. The quantitative estimate of drug-likeness (QED) is 0.845. The molecule has 106 valence electrons. The Morgan fingerprint density at radius 1 is 1.30 bits per heavy atom. The van der Waals surface area contributed by atoms with Gasteiger partial charge in [0.1, 0.15) is 18.1 Å². The molecule has 0 saturated heterocycles. The van der Waals surface area contributed by atoms with Crippen molar-refractivity contribution in [3.63, 3.8) is 0 Å². The summed E-state index contributed by atoms with van der Waals surface area (Å²) < 4.78 is 11.2. The van der Waals surface area contributed by atoms with E-state index in [-0.39, 0.29) is 0 Å². The summed E-state index contributed by atoms with van der Waals surface area (Å²) in [5.41, 5.74) is 2.37. The first-order valence-electron chi connectivity index (χ1n) is 6.89. The van der Waals surface area contributed by atoms with Crippen LogP contribution in [0.25, 0.3) is 0 Å². The zero-order valence-corrected chi connectivity index (χ0v) is 12.4. The second-order valence-corrected chi connectivity index (χ2v) is 5.83. The lowest BCUT2D eigenvalue weighted by Crippen LogP contribution is -2.16.